The maximum absolute atomic E-state index is 5.68. The molecule has 0 unspecified atom stereocenters. The highest BCUT2D eigenvalue weighted by Gasteiger charge is 2.02. The van der Waals surface area contributed by atoms with E-state index in [2.05, 4.69) is 5.10 Å². The molecular formula is C5H7ClN2O. The summed E-state index contributed by atoms with van der Waals surface area (Å²) in [5.74, 6) is 0.610. The number of nitrogens with zero attached hydrogens (tertiary/aromatic N) is 2. The van der Waals surface area contributed by atoms with E-state index in [4.69, 9.17) is 16.3 Å². The van der Waals surface area contributed by atoms with E-state index in [0.717, 1.165) is 0 Å². The zero-order chi connectivity index (χ0) is 6.85. The Morgan fingerprint density at radius 3 is 2.67 bits per heavy atom. The fraction of sp³-hybridized carbons (Fsp3) is 0.400. The predicted molar refractivity (Wildman–Crippen MR) is 34.8 cm³/mol. The van der Waals surface area contributed by atoms with Gasteiger partial charge in [-0.1, -0.05) is 11.6 Å². The lowest BCUT2D eigenvalue weighted by Crippen LogP contribution is -1.88. The Bertz CT molecular complexity index is 209. The van der Waals surface area contributed by atoms with Gasteiger partial charge in [0.25, 0.3) is 0 Å². The van der Waals surface area contributed by atoms with Gasteiger partial charge in [-0.3, -0.25) is 4.68 Å². The van der Waals surface area contributed by atoms with Crippen LogP contribution in [0, 0.1) is 0 Å². The highest BCUT2D eigenvalue weighted by atomic mass is 35.5. The SMILES string of the molecule is COc1cnn(C)c1Cl. The Hall–Kier alpha value is -0.700. The van der Waals surface area contributed by atoms with E-state index in [9.17, 15) is 0 Å². The molecule has 50 valence electrons. The van der Waals surface area contributed by atoms with Crippen molar-refractivity contribution in [3.8, 4) is 5.75 Å². The lowest BCUT2D eigenvalue weighted by molar-refractivity contribution is 0.414. The van der Waals surface area contributed by atoms with Crippen molar-refractivity contribution in [2.75, 3.05) is 7.11 Å². The molecule has 1 aromatic rings. The number of rotatable bonds is 1. The molecule has 0 N–H and O–H groups in total. The van der Waals surface area contributed by atoms with Crippen molar-refractivity contribution in [2.45, 2.75) is 0 Å². The minimum Gasteiger partial charge on any atom is -0.492 e. The van der Waals surface area contributed by atoms with Crippen LogP contribution in [0.4, 0.5) is 0 Å². The second-order valence-corrected chi connectivity index (χ2v) is 1.99. The second-order valence-electron chi connectivity index (χ2n) is 1.63. The van der Waals surface area contributed by atoms with Crippen LogP contribution in [-0.4, -0.2) is 16.9 Å². The van der Waals surface area contributed by atoms with Crippen molar-refractivity contribution in [1.29, 1.82) is 0 Å². The largest absolute Gasteiger partial charge is 0.492 e. The summed E-state index contributed by atoms with van der Waals surface area (Å²) >= 11 is 5.68. The van der Waals surface area contributed by atoms with Crippen LogP contribution in [0.2, 0.25) is 5.15 Å². The number of aromatic nitrogens is 2. The third-order valence-electron chi connectivity index (χ3n) is 1.06. The van der Waals surface area contributed by atoms with Crippen LogP contribution < -0.4 is 4.74 Å². The Morgan fingerprint density at radius 1 is 1.78 bits per heavy atom. The molecule has 0 bridgehead atoms. The van der Waals surface area contributed by atoms with Crippen molar-refractivity contribution in [3.63, 3.8) is 0 Å². The highest BCUT2D eigenvalue weighted by molar-refractivity contribution is 6.30. The summed E-state index contributed by atoms with van der Waals surface area (Å²) in [5.41, 5.74) is 0. The van der Waals surface area contributed by atoms with Crippen LogP contribution in [0.1, 0.15) is 0 Å². The van der Waals surface area contributed by atoms with E-state index in [0.29, 0.717) is 10.9 Å². The number of hydrogen-bond donors (Lipinski definition) is 0. The van der Waals surface area contributed by atoms with Crippen molar-refractivity contribution >= 4 is 11.6 Å². The molecule has 0 aliphatic carbocycles. The van der Waals surface area contributed by atoms with Crippen LogP contribution in [0.3, 0.4) is 0 Å². The van der Waals surface area contributed by atoms with Gasteiger partial charge in [-0.25, -0.2) is 0 Å². The van der Waals surface area contributed by atoms with E-state index >= 15 is 0 Å². The maximum atomic E-state index is 5.68. The summed E-state index contributed by atoms with van der Waals surface area (Å²) in [5, 5.41) is 4.37. The lowest BCUT2D eigenvalue weighted by atomic mass is 10.6. The van der Waals surface area contributed by atoms with Gasteiger partial charge in [0.2, 0.25) is 0 Å². The molecule has 0 aromatic carbocycles. The zero-order valence-electron chi connectivity index (χ0n) is 5.26. The van der Waals surface area contributed by atoms with Gasteiger partial charge in [0.05, 0.1) is 13.3 Å². The number of ether oxygens (including phenoxy) is 1. The van der Waals surface area contributed by atoms with Crippen LogP contribution in [0.5, 0.6) is 5.75 Å². The van der Waals surface area contributed by atoms with Crippen molar-refractivity contribution < 1.29 is 4.74 Å². The van der Waals surface area contributed by atoms with Gasteiger partial charge < -0.3 is 4.74 Å². The van der Waals surface area contributed by atoms with E-state index in [1.165, 1.54) is 0 Å². The van der Waals surface area contributed by atoms with E-state index in [1.54, 1.807) is 25.0 Å². The summed E-state index contributed by atoms with van der Waals surface area (Å²) in [6.07, 6.45) is 1.57. The molecule has 9 heavy (non-hydrogen) atoms. The Balaban J connectivity index is 3.04. The molecule has 0 radical (unpaired) electrons. The standard InChI is InChI=1S/C5H7ClN2O/c1-8-5(6)4(9-2)3-7-8/h3H,1-2H3. The Kier molecular flexibility index (Phi) is 1.62. The molecule has 3 nitrogen and oxygen atoms in total. The summed E-state index contributed by atoms with van der Waals surface area (Å²) in [7, 11) is 3.31. The first-order chi connectivity index (χ1) is 4.25. The molecule has 1 heterocycles. The minimum absolute atomic E-state index is 0.525. The molecule has 0 atom stereocenters. The average Bonchev–Trinajstić information content (AvgIpc) is 2.15. The Labute approximate surface area is 58.2 Å². The minimum atomic E-state index is 0.525. The van der Waals surface area contributed by atoms with E-state index in [1.807, 2.05) is 0 Å². The fourth-order valence-corrected chi connectivity index (χ4v) is 0.709. The number of halogens is 1. The average molecular weight is 147 g/mol. The predicted octanol–water partition coefficient (Wildman–Crippen LogP) is 1.08. The van der Waals surface area contributed by atoms with Gasteiger partial charge >= 0.3 is 0 Å². The van der Waals surface area contributed by atoms with Gasteiger partial charge in [-0.2, -0.15) is 5.10 Å². The molecule has 0 saturated carbocycles. The first-order valence-corrected chi connectivity index (χ1v) is 2.85. The van der Waals surface area contributed by atoms with Gasteiger partial charge in [0.15, 0.2) is 10.9 Å². The third-order valence-corrected chi connectivity index (χ3v) is 1.49. The molecule has 1 rings (SSSR count). The van der Waals surface area contributed by atoms with Gasteiger partial charge in [0.1, 0.15) is 0 Å². The maximum Gasteiger partial charge on any atom is 0.175 e. The molecule has 0 amide bonds. The quantitative estimate of drug-likeness (QED) is 0.593. The highest BCUT2D eigenvalue weighted by Crippen LogP contribution is 2.21. The van der Waals surface area contributed by atoms with Crippen molar-refractivity contribution in [1.82, 2.24) is 9.78 Å². The molecule has 4 heteroatoms. The summed E-state index contributed by atoms with van der Waals surface area (Å²) in [6.45, 7) is 0. The molecule has 1 aromatic heterocycles. The lowest BCUT2D eigenvalue weighted by Gasteiger charge is -1.93. The molecule has 0 aliphatic rings. The van der Waals surface area contributed by atoms with Gasteiger partial charge in [0, 0.05) is 7.05 Å². The molecule has 0 aliphatic heterocycles. The molecular weight excluding hydrogens is 140 g/mol. The molecule has 0 fully saturated rings. The van der Waals surface area contributed by atoms with Crippen LogP contribution in [0.25, 0.3) is 0 Å². The van der Waals surface area contributed by atoms with Crippen LogP contribution >= 0.6 is 11.6 Å². The van der Waals surface area contributed by atoms with E-state index < -0.39 is 0 Å². The van der Waals surface area contributed by atoms with Crippen molar-refractivity contribution in [3.05, 3.63) is 11.3 Å². The normalized spacial score (nSPS) is 9.67. The fourth-order valence-electron chi connectivity index (χ4n) is 0.539. The van der Waals surface area contributed by atoms with Gasteiger partial charge in [-0.05, 0) is 0 Å². The zero-order valence-corrected chi connectivity index (χ0v) is 6.01. The first-order valence-electron chi connectivity index (χ1n) is 2.47. The van der Waals surface area contributed by atoms with Gasteiger partial charge in [-0.15, -0.1) is 0 Å². The number of hydrogen-bond acceptors (Lipinski definition) is 2. The topological polar surface area (TPSA) is 27.1 Å². The van der Waals surface area contributed by atoms with Crippen LogP contribution in [-0.2, 0) is 7.05 Å². The molecule has 0 spiro atoms. The first kappa shape index (κ1) is 6.42. The van der Waals surface area contributed by atoms with Crippen molar-refractivity contribution in [2.24, 2.45) is 7.05 Å². The summed E-state index contributed by atoms with van der Waals surface area (Å²) in [6, 6.07) is 0. The second kappa shape index (κ2) is 2.27. The van der Waals surface area contributed by atoms with Crippen LogP contribution in [0.15, 0.2) is 6.20 Å². The monoisotopic (exact) mass is 146 g/mol. The molecule has 0 saturated heterocycles. The summed E-state index contributed by atoms with van der Waals surface area (Å²) in [4.78, 5) is 0. The number of aryl methyl sites for hydroxylation is 1. The third kappa shape index (κ3) is 1.00. The van der Waals surface area contributed by atoms with E-state index in [-0.39, 0.29) is 0 Å². The Morgan fingerprint density at radius 2 is 2.44 bits per heavy atom. The number of methoxy groups -OCH3 is 1. The smallest absolute Gasteiger partial charge is 0.175 e. The summed E-state index contributed by atoms with van der Waals surface area (Å²) < 4.78 is 6.39.